The maximum Gasteiger partial charge on any atom is 0.405 e. The van der Waals surface area contributed by atoms with Gasteiger partial charge in [0.15, 0.2) is 0 Å². The van der Waals surface area contributed by atoms with Crippen molar-refractivity contribution in [2.24, 2.45) is 0 Å². The standard InChI is InChI=1S/C7H12N2O3/c1-9-4-2-3-5(6(9)10)8-7(11)12/h5,8H,2-4H2,1H3,(H,11,12). The number of carbonyl (C=O) groups excluding carboxylic acids is 1. The molecule has 68 valence electrons. The fourth-order valence-electron chi connectivity index (χ4n) is 1.32. The molecule has 0 saturated carbocycles. The molecule has 0 aliphatic carbocycles. The minimum absolute atomic E-state index is 0.136. The highest BCUT2D eigenvalue weighted by Crippen LogP contribution is 2.09. The minimum Gasteiger partial charge on any atom is -0.465 e. The van der Waals surface area contributed by atoms with Crippen LogP contribution in [0, 0.1) is 0 Å². The van der Waals surface area contributed by atoms with Crippen LogP contribution in [-0.4, -0.2) is 41.6 Å². The molecule has 1 heterocycles. The van der Waals surface area contributed by atoms with E-state index in [1.54, 1.807) is 11.9 Å². The van der Waals surface area contributed by atoms with Crippen molar-refractivity contribution < 1.29 is 14.7 Å². The molecule has 0 bridgehead atoms. The Kier molecular flexibility index (Phi) is 2.52. The average Bonchev–Trinajstić information content (AvgIpc) is 1.98. The fraction of sp³-hybridized carbons (Fsp3) is 0.714. The van der Waals surface area contributed by atoms with E-state index in [1.807, 2.05) is 0 Å². The second-order valence-corrected chi connectivity index (χ2v) is 2.90. The second-order valence-electron chi connectivity index (χ2n) is 2.90. The number of nitrogens with one attached hydrogen (secondary N) is 1. The lowest BCUT2D eigenvalue weighted by Crippen LogP contribution is -2.50. The van der Waals surface area contributed by atoms with Gasteiger partial charge in [0.2, 0.25) is 5.91 Å². The molecular formula is C7H12N2O3. The molecule has 0 aromatic rings. The van der Waals surface area contributed by atoms with Gasteiger partial charge in [-0.05, 0) is 12.8 Å². The minimum atomic E-state index is -1.14. The van der Waals surface area contributed by atoms with Gasteiger partial charge >= 0.3 is 6.09 Å². The molecule has 2 amide bonds. The first-order chi connectivity index (χ1) is 5.61. The Labute approximate surface area is 70.4 Å². The van der Waals surface area contributed by atoms with Gasteiger partial charge in [-0.15, -0.1) is 0 Å². The summed E-state index contributed by atoms with van der Waals surface area (Å²) in [6.07, 6.45) is 0.325. The Balaban J connectivity index is 2.52. The zero-order valence-corrected chi connectivity index (χ0v) is 6.91. The zero-order valence-electron chi connectivity index (χ0n) is 6.91. The molecule has 2 N–H and O–H groups in total. The van der Waals surface area contributed by atoms with Crippen molar-refractivity contribution in [3.63, 3.8) is 0 Å². The van der Waals surface area contributed by atoms with Gasteiger partial charge in [0.1, 0.15) is 6.04 Å². The Bertz CT molecular complexity index is 205. The lowest BCUT2D eigenvalue weighted by molar-refractivity contribution is -0.134. The maximum absolute atomic E-state index is 11.3. The summed E-state index contributed by atoms with van der Waals surface area (Å²) < 4.78 is 0. The molecule has 1 fully saturated rings. The number of amides is 2. The summed E-state index contributed by atoms with van der Waals surface area (Å²) in [5.41, 5.74) is 0. The van der Waals surface area contributed by atoms with E-state index in [0.29, 0.717) is 6.42 Å². The van der Waals surface area contributed by atoms with E-state index in [-0.39, 0.29) is 5.91 Å². The van der Waals surface area contributed by atoms with E-state index in [2.05, 4.69) is 5.32 Å². The normalized spacial score (nSPS) is 23.9. The van der Waals surface area contributed by atoms with Crippen LogP contribution in [0.3, 0.4) is 0 Å². The van der Waals surface area contributed by atoms with Gasteiger partial charge in [-0.25, -0.2) is 4.79 Å². The number of piperidine rings is 1. The first-order valence-electron chi connectivity index (χ1n) is 3.85. The molecule has 0 aromatic carbocycles. The number of nitrogens with zero attached hydrogens (tertiary/aromatic N) is 1. The zero-order chi connectivity index (χ0) is 9.14. The Hall–Kier alpha value is -1.26. The number of likely N-dealkylation sites (N-methyl/N-ethyl adjacent to an activating group) is 1. The van der Waals surface area contributed by atoms with E-state index < -0.39 is 12.1 Å². The Morgan fingerprint density at radius 2 is 2.42 bits per heavy atom. The van der Waals surface area contributed by atoms with Crippen molar-refractivity contribution >= 4 is 12.0 Å². The highest BCUT2D eigenvalue weighted by molar-refractivity contribution is 5.85. The first-order valence-corrected chi connectivity index (χ1v) is 3.85. The Morgan fingerprint density at radius 1 is 1.75 bits per heavy atom. The third kappa shape index (κ3) is 1.87. The van der Waals surface area contributed by atoms with Gasteiger partial charge < -0.3 is 15.3 Å². The van der Waals surface area contributed by atoms with Crippen LogP contribution in [0.5, 0.6) is 0 Å². The van der Waals surface area contributed by atoms with Crippen molar-refractivity contribution in [3.8, 4) is 0 Å². The lowest BCUT2D eigenvalue weighted by Gasteiger charge is -2.28. The summed E-state index contributed by atoms with van der Waals surface area (Å²) in [5, 5.41) is 10.6. The van der Waals surface area contributed by atoms with Crippen LogP contribution in [-0.2, 0) is 4.79 Å². The van der Waals surface area contributed by atoms with Gasteiger partial charge in [-0.1, -0.05) is 0 Å². The lowest BCUT2D eigenvalue weighted by atomic mass is 10.1. The van der Waals surface area contributed by atoms with E-state index in [9.17, 15) is 9.59 Å². The molecule has 5 heteroatoms. The number of rotatable bonds is 1. The van der Waals surface area contributed by atoms with Crippen molar-refractivity contribution in [2.45, 2.75) is 18.9 Å². The van der Waals surface area contributed by atoms with Crippen molar-refractivity contribution in [3.05, 3.63) is 0 Å². The van der Waals surface area contributed by atoms with Crippen LogP contribution in [0.15, 0.2) is 0 Å². The van der Waals surface area contributed by atoms with E-state index in [0.717, 1.165) is 13.0 Å². The molecule has 1 aliphatic rings. The van der Waals surface area contributed by atoms with Crippen molar-refractivity contribution in [2.75, 3.05) is 13.6 Å². The van der Waals surface area contributed by atoms with Crippen LogP contribution < -0.4 is 5.32 Å². The van der Waals surface area contributed by atoms with Crippen LogP contribution in [0.1, 0.15) is 12.8 Å². The molecular weight excluding hydrogens is 160 g/mol. The van der Waals surface area contributed by atoms with E-state index in [1.165, 1.54) is 0 Å². The largest absolute Gasteiger partial charge is 0.465 e. The molecule has 0 aromatic heterocycles. The third-order valence-corrected chi connectivity index (χ3v) is 1.96. The van der Waals surface area contributed by atoms with E-state index in [4.69, 9.17) is 5.11 Å². The topological polar surface area (TPSA) is 69.6 Å². The van der Waals surface area contributed by atoms with Crippen molar-refractivity contribution in [1.29, 1.82) is 0 Å². The molecule has 5 nitrogen and oxygen atoms in total. The Morgan fingerprint density at radius 3 is 3.00 bits per heavy atom. The first kappa shape index (κ1) is 8.83. The van der Waals surface area contributed by atoms with Gasteiger partial charge in [-0.3, -0.25) is 4.79 Å². The molecule has 1 unspecified atom stereocenters. The second kappa shape index (κ2) is 3.42. The number of likely N-dealkylation sites (tertiary alicyclic amines) is 1. The van der Waals surface area contributed by atoms with Gasteiger partial charge in [0.25, 0.3) is 0 Å². The monoisotopic (exact) mass is 172 g/mol. The predicted octanol–water partition coefficient (Wildman–Crippen LogP) is -0.125. The van der Waals surface area contributed by atoms with Gasteiger partial charge in [0, 0.05) is 13.6 Å². The highest BCUT2D eigenvalue weighted by Gasteiger charge is 2.27. The molecule has 1 atom stereocenters. The summed E-state index contributed by atoms with van der Waals surface area (Å²) in [6.45, 7) is 0.719. The molecule has 1 rings (SSSR count). The third-order valence-electron chi connectivity index (χ3n) is 1.96. The van der Waals surface area contributed by atoms with Crippen LogP contribution >= 0.6 is 0 Å². The van der Waals surface area contributed by atoms with E-state index >= 15 is 0 Å². The predicted molar refractivity (Wildman–Crippen MR) is 41.8 cm³/mol. The van der Waals surface area contributed by atoms with Crippen LogP contribution in [0.25, 0.3) is 0 Å². The van der Waals surface area contributed by atoms with Gasteiger partial charge in [-0.2, -0.15) is 0 Å². The smallest absolute Gasteiger partial charge is 0.405 e. The number of carbonyl (C=O) groups is 2. The van der Waals surface area contributed by atoms with Gasteiger partial charge in [0.05, 0.1) is 0 Å². The SMILES string of the molecule is CN1CCCC(NC(=O)O)C1=O. The molecule has 1 saturated heterocycles. The van der Waals surface area contributed by atoms with Crippen molar-refractivity contribution in [1.82, 2.24) is 10.2 Å². The summed E-state index contributed by atoms with van der Waals surface area (Å²) >= 11 is 0. The highest BCUT2D eigenvalue weighted by atomic mass is 16.4. The quantitative estimate of drug-likeness (QED) is 0.579. The number of hydrogen-bond acceptors (Lipinski definition) is 2. The van der Waals surface area contributed by atoms with Crippen LogP contribution in [0.4, 0.5) is 4.79 Å². The maximum atomic E-state index is 11.3. The summed E-state index contributed by atoms with van der Waals surface area (Å²) in [6, 6.07) is -0.541. The molecule has 0 radical (unpaired) electrons. The average molecular weight is 172 g/mol. The summed E-state index contributed by atoms with van der Waals surface area (Å²) in [7, 11) is 1.68. The summed E-state index contributed by atoms with van der Waals surface area (Å²) in [4.78, 5) is 23.0. The van der Waals surface area contributed by atoms with Crippen LogP contribution in [0.2, 0.25) is 0 Å². The molecule has 1 aliphatic heterocycles. The summed E-state index contributed by atoms with van der Waals surface area (Å²) in [5.74, 6) is -0.136. The number of carboxylic acid groups (broad SMARTS) is 1. The fourth-order valence-corrected chi connectivity index (χ4v) is 1.32. The number of hydrogen-bond donors (Lipinski definition) is 2. The molecule has 0 spiro atoms. The molecule has 12 heavy (non-hydrogen) atoms.